The first kappa shape index (κ1) is 16.8. The van der Waals surface area contributed by atoms with E-state index in [1.165, 1.54) is 0 Å². The molecule has 0 aliphatic carbocycles. The Kier molecular flexibility index (Phi) is 5.89. The molecule has 0 saturated carbocycles. The van der Waals surface area contributed by atoms with E-state index in [4.69, 9.17) is 20.4 Å². The number of rotatable bonds is 9. The van der Waals surface area contributed by atoms with Crippen LogP contribution in [0.5, 0.6) is 0 Å². The molecule has 2 unspecified atom stereocenters. The molecular formula is C9H12O10. The monoisotopic (exact) mass is 280 g/mol. The normalized spacial score (nSPS) is 15.2. The van der Waals surface area contributed by atoms with Gasteiger partial charge in [-0.25, -0.2) is 9.59 Å². The lowest BCUT2D eigenvalue weighted by Crippen LogP contribution is -2.54. The second-order valence-electron chi connectivity index (χ2n) is 3.56. The van der Waals surface area contributed by atoms with Crippen LogP contribution in [0.2, 0.25) is 0 Å². The van der Waals surface area contributed by atoms with Gasteiger partial charge >= 0.3 is 23.9 Å². The van der Waals surface area contributed by atoms with Gasteiger partial charge in [0.25, 0.3) is 0 Å². The van der Waals surface area contributed by atoms with Crippen LogP contribution >= 0.6 is 0 Å². The fraction of sp³-hybridized carbons (Fsp3) is 0.556. The van der Waals surface area contributed by atoms with Crippen LogP contribution in [0.15, 0.2) is 0 Å². The average Bonchev–Trinajstić information content (AvgIpc) is 2.21. The molecule has 0 amide bonds. The number of aliphatic hydroxyl groups excluding tert-OH is 1. The van der Waals surface area contributed by atoms with Crippen molar-refractivity contribution in [2.45, 2.75) is 24.5 Å². The number of hydrogen-bond acceptors (Lipinski definition) is 6. The summed E-state index contributed by atoms with van der Waals surface area (Å²) in [5.41, 5.74) is -2.84. The van der Waals surface area contributed by atoms with Crippen molar-refractivity contribution >= 4 is 23.9 Å². The summed E-state index contributed by atoms with van der Waals surface area (Å²) in [4.78, 5) is 42.4. The Bertz CT molecular complexity index is 388. The van der Waals surface area contributed by atoms with Crippen molar-refractivity contribution in [3.8, 4) is 0 Å². The predicted octanol–water partition coefficient (Wildman–Crippen LogP) is -1.78. The van der Waals surface area contributed by atoms with E-state index in [1.54, 1.807) is 0 Å². The largest absolute Gasteiger partial charge is 0.481 e. The summed E-state index contributed by atoms with van der Waals surface area (Å²) < 4.78 is 4.43. The molecule has 19 heavy (non-hydrogen) atoms. The molecule has 0 aromatic heterocycles. The summed E-state index contributed by atoms with van der Waals surface area (Å²) in [6.07, 6.45) is -4.62. The molecule has 0 heterocycles. The molecule has 0 aliphatic heterocycles. The van der Waals surface area contributed by atoms with Gasteiger partial charge in [0.05, 0.1) is 12.8 Å². The molecule has 10 heteroatoms. The highest BCUT2D eigenvalue weighted by Gasteiger charge is 2.50. The Labute approximate surface area is 105 Å². The van der Waals surface area contributed by atoms with E-state index in [2.05, 4.69) is 4.74 Å². The van der Waals surface area contributed by atoms with Gasteiger partial charge in [-0.3, -0.25) is 9.59 Å². The smallest absolute Gasteiger partial charge is 0.339 e. The van der Waals surface area contributed by atoms with Gasteiger partial charge in [-0.2, -0.15) is 0 Å². The molecule has 0 aromatic rings. The van der Waals surface area contributed by atoms with Gasteiger partial charge in [0.1, 0.15) is 12.7 Å². The van der Waals surface area contributed by atoms with E-state index in [-0.39, 0.29) is 0 Å². The molecule has 2 atom stereocenters. The van der Waals surface area contributed by atoms with Crippen LogP contribution in [-0.4, -0.2) is 67.7 Å². The van der Waals surface area contributed by atoms with Crippen molar-refractivity contribution in [2.75, 3.05) is 6.61 Å². The quantitative estimate of drug-likeness (QED) is 0.324. The number of ether oxygens (including phenoxy) is 1. The molecule has 0 aromatic carbocycles. The van der Waals surface area contributed by atoms with E-state index >= 15 is 0 Å². The Morgan fingerprint density at radius 2 is 1.47 bits per heavy atom. The Balaban J connectivity index is 5.34. The zero-order chi connectivity index (χ0) is 15.2. The van der Waals surface area contributed by atoms with Crippen molar-refractivity contribution in [2.24, 2.45) is 0 Å². The maximum absolute atomic E-state index is 11.1. The molecule has 108 valence electrons. The second-order valence-corrected chi connectivity index (χ2v) is 3.56. The zero-order valence-electron chi connectivity index (χ0n) is 9.48. The van der Waals surface area contributed by atoms with E-state index < -0.39 is 55.0 Å². The van der Waals surface area contributed by atoms with Crippen LogP contribution in [0.4, 0.5) is 0 Å². The van der Waals surface area contributed by atoms with E-state index in [0.717, 1.165) is 0 Å². The lowest BCUT2D eigenvalue weighted by atomic mass is 9.90. The molecule has 0 saturated heterocycles. The highest BCUT2D eigenvalue weighted by atomic mass is 16.6. The fourth-order valence-corrected chi connectivity index (χ4v) is 1.29. The van der Waals surface area contributed by atoms with Gasteiger partial charge in [0.15, 0.2) is 0 Å². The first-order valence-electron chi connectivity index (χ1n) is 4.82. The topological polar surface area (TPSA) is 179 Å². The van der Waals surface area contributed by atoms with Gasteiger partial charge in [0, 0.05) is 0 Å². The highest BCUT2D eigenvalue weighted by Crippen LogP contribution is 2.24. The van der Waals surface area contributed by atoms with Gasteiger partial charge in [0.2, 0.25) is 5.60 Å². The Morgan fingerprint density at radius 1 is 0.947 bits per heavy atom. The predicted molar refractivity (Wildman–Crippen MR) is 54.5 cm³/mol. The molecule has 5 N–H and O–H groups in total. The van der Waals surface area contributed by atoms with E-state index in [9.17, 15) is 24.3 Å². The van der Waals surface area contributed by atoms with Crippen molar-refractivity contribution in [1.29, 1.82) is 0 Å². The Morgan fingerprint density at radius 3 is 1.79 bits per heavy atom. The minimum atomic E-state index is -2.84. The zero-order valence-corrected chi connectivity index (χ0v) is 9.48. The summed E-state index contributed by atoms with van der Waals surface area (Å²) in [5, 5.41) is 43.9. The first-order chi connectivity index (χ1) is 8.61. The Hall–Kier alpha value is -2.20. The number of carboxylic acid groups (broad SMARTS) is 4. The highest BCUT2D eigenvalue weighted by molar-refractivity contribution is 5.86. The first-order valence-corrected chi connectivity index (χ1v) is 4.82. The van der Waals surface area contributed by atoms with Crippen molar-refractivity contribution in [3.05, 3.63) is 0 Å². The molecule has 0 fully saturated rings. The number of carbonyl (C=O) groups is 4. The number of hydrogen-bond donors (Lipinski definition) is 5. The molecular weight excluding hydrogens is 268 g/mol. The third-order valence-corrected chi connectivity index (χ3v) is 2.14. The number of carboxylic acids is 4. The average molecular weight is 280 g/mol. The van der Waals surface area contributed by atoms with Crippen LogP contribution in [0, 0.1) is 0 Å². The lowest BCUT2D eigenvalue weighted by Gasteiger charge is -2.31. The standard InChI is InChI=1S/C9H12O10/c10-4(1-5(11)12)9(8(17)18,2-6(13)14)19-3-7(15)16/h4,10H,1-3H2,(H,11,12)(H,13,14)(H,15,16)(H,17,18). The number of aliphatic hydroxyl groups is 1. The van der Waals surface area contributed by atoms with E-state index in [0.29, 0.717) is 0 Å². The van der Waals surface area contributed by atoms with Gasteiger partial charge < -0.3 is 30.3 Å². The summed E-state index contributed by atoms with van der Waals surface area (Å²) in [6, 6.07) is 0. The van der Waals surface area contributed by atoms with Crippen molar-refractivity contribution in [1.82, 2.24) is 0 Å². The fourth-order valence-electron chi connectivity index (χ4n) is 1.29. The van der Waals surface area contributed by atoms with Crippen LogP contribution in [0.3, 0.4) is 0 Å². The number of aliphatic carboxylic acids is 4. The molecule has 0 bridgehead atoms. The van der Waals surface area contributed by atoms with Crippen LogP contribution < -0.4 is 0 Å². The molecule has 10 nitrogen and oxygen atoms in total. The SMILES string of the molecule is O=C(O)COC(CC(=O)O)(C(=O)O)C(O)CC(=O)O. The maximum Gasteiger partial charge on any atom is 0.339 e. The van der Waals surface area contributed by atoms with Crippen LogP contribution in [0.25, 0.3) is 0 Å². The summed E-state index contributed by atoms with van der Waals surface area (Å²) in [5.74, 6) is -6.86. The third kappa shape index (κ3) is 4.89. The van der Waals surface area contributed by atoms with Crippen molar-refractivity contribution < 1.29 is 49.4 Å². The van der Waals surface area contributed by atoms with Crippen molar-refractivity contribution in [3.63, 3.8) is 0 Å². The molecule has 0 spiro atoms. The van der Waals surface area contributed by atoms with Gasteiger partial charge in [-0.05, 0) is 0 Å². The minimum absolute atomic E-state index is 1.11. The molecule has 0 aliphatic rings. The maximum atomic E-state index is 11.1. The van der Waals surface area contributed by atoms with Crippen LogP contribution in [0.1, 0.15) is 12.8 Å². The van der Waals surface area contributed by atoms with Gasteiger partial charge in [-0.15, -0.1) is 0 Å². The van der Waals surface area contributed by atoms with Gasteiger partial charge in [-0.1, -0.05) is 0 Å². The minimum Gasteiger partial charge on any atom is -0.481 e. The lowest BCUT2D eigenvalue weighted by molar-refractivity contribution is -0.195. The molecule has 0 radical (unpaired) electrons. The third-order valence-electron chi connectivity index (χ3n) is 2.14. The molecule has 0 rings (SSSR count). The second kappa shape index (κ2) is 6.66. The summed E-state index contributed by atoms with van der Waals surface area (Å²) in [6.45, 7) is -1.20. The van der Waals surface area contributed by atoms with Crippen LogP contribution in [-0.2, 0) is 23.9 Å². The summed E-state index contributed by atoms with van der Waals surface area (Å²) in [7, 11) is 0. The summed E-state index contributed by atoms with van der Waals surface area (Å²) >= 11 is 0. The van der Waals surface area contributed by atoms with E-state index in [1.807, 2.05) is 0 Å².